The van der Waals surface area contributed by atoms with Crippen molar-refractivity contribution in [2.24, 2.45) is 0 Å². The molecular weight excluding hydrogens is 444 g/mol. The van der Waals surface area contributed by atoms with Crippen molar-refractivity contribution >= 4 is 20.2 Å². The molecule has 0 aliphatic carbocycles. The van der Waals surface area contributed by atoms with Crippen molar-refractivity contribution in [3.8, 4) is 0 Å². The normalized spacial score (nSPS) is 26.8. The number of benzene rings is 2. The van der Waals surface area contributed by atoms with E-state index in [2.05, 4.69) is 0 Å². The van der Waals surface area contributed by atoms with Crippen LogP contribution in [0, 0.1) is 13.8 Å². The van der Waals surface area contributed by atoms with E-state index in [1.807, 2.05) is 13.8 Å². The van der Waals surface area contributed by atoms with E-state index in [4.69, 9.17) is 13.1 Å². The molecule has 0 aromatic heterocycles. The Morgan fingerprint density at radius 1 is 0.903 bits per heavy atom. The van der Waals surface area contributed by atoms with Crippen LogP contribution >= 0.6 is 0 Å². The minimum atomic E-state index is -4.24. The monoisotopic (exact) mass is 470 g/mol. The Hall–Kier alpha value is -1.82. The molecule has 0 spiro atoms. The zero-order valence-corrected chi connectivity index (χ0v) is 19.3. The van der Waals surface area contributed by atoms with Crippen molar-refractivity contribution in [1.82, 2.24) is 0 Å². The van der Waals surface area contributed by atoms with Crippen LogP contribution in [-0.4, -0.2) is 52.5 Å². The number of hydrogen-bond donors (Lipinski definition) is 1. The zero-order valence-electron chi connectivity index (χ0n) is 17.7. The SMILES string of the molecule is Cc1ccc(S(=O)(=O)OC[C@H]2O[C@@H](C)[C@@](C)(O)[C@@H]2OS(=O)(=O)c2ccc(C)cc2)cc1. The lowest BCUT2D eigenvalue weighted by Gasteiger charge is -2.28. The number of hydrogen-bond acceptors (Lipinski definition) is 8. The van der Waals surface area contributed by atoms with Gasteiger partial charge in [0, 0.05) is 0 Å². The van der Waals surface area contributed by atoms with Crippen molar-refractivity contribution < 1.29 is 35.0 Å². The third-order valence-electron chi connectivity index (χ3n) is 5.35. The summed E-state index contributed by atoms with van der Waals surface area (Å²) in [4.78, 5) is -0.124. The largest absolute Gasteiger partial charge is 0.385 e. The fourth-order valence-corrected chi connectivity index (χ4v) is 5.28. The molecule has 0 unspecified atom stereocenters. The predicted molar refractivity (Wildman–Crippen MR) is 113 cm³/mol. The minimum absolute atomic E-state index is 0.0411. The number of rotatable bonds is 7. The second-order valence-corrected chi connectivity index (χ2v) is 11.1. The average molecular weight is 471 g/mol. The van der Waals surface area contributed by atoms with Gasteiger partial charge in [-0.25, -0.2) is 0 Å². The first-order chi connectivity index (χ1) is 14.3. The van der Waals surface area contributed by atoms with Gasteiger partial charge in [-0.05, 0) is 52.0 Å². The second-order valence-electron chi connectivity index (χ2n) is 7.88. The van der Waals surface area contributed by atoms with Crippen molar-refractivity contribution in [3.05, 3.63) is 59.7 Å². The molecule has 0 saturated carbocycles. The molecule has 1 heterocycles. The summed E-state index contributed by atoms with van der Waals surface area (Å²) in [5.74, 6) is 0. The summed E-state index contributed by atoms with van der Waals surface area (Å²) in [6.07, 6.45) is -3.33. The summed E-state index contributed by atoms with van der Waals surface area (Å²) >= 11 is 0. The van der Waals surface area contributed by atoms with Gasteiger partial charge in [0.2, 0.25) is 0 Å². The lowest BCUT2D eigenvalue weighted by molar-refractivity contribution is -0.0474. The van der Waals surface area contributed by atoms with Gasteiger partial charge in [0.05, 0.1) is 22.5 Å². The summed E-state index contributed by atoms with van der Waals surface area (Å²) in [7, 11) is -8.35. The van der Waals surface area contributed by atoms with Crippen LogP contribution in [0.1, 0.15) is 25.0 Å². The first-order valence-electron chi connectivity index (χ1n) is 9.67. The smallest absolute Gasteiger partial charge is 0.297 e. The van der Waals surface area contributed by atoms with Crippen LogP contribution < -0.4 is 0 Å². The molecule has 1 N–H and O–H groups in total. The van der Waals surface area contributed by atoms with Crippen molar-refractivity contribution in [2.75, 3.05) is 6.61 Å². The Labute approximate surface area is 183 Å². The van der Waals surface area contributed by atoms with Crippen LogP contribution in [0.15, 0.2) is 58.3 Å². The minimum Gasteiger partial charge on any atom is -0.385 e. The highest BCUT2D eigenvalue weighted by Gasteiger charge is 2.54. The summed E-state index contributed by atoms with van der Waals surface area (Å²) in [6.45, 7) is 6.04. The molecule has 8 nitrogen and oxygen atoms in total. The van der Waals surface area contributed by atoms with Gasteiger partial charge >= 0.3 is 0 Å². The fraction of sp³-hybridized carbons (Fsp3) is 0.429. The molecule has 1 saturated heterocycles. The summed E-state index contributed by atoms with van der Waals surface area (Å²) in [5.41, 5.74) is 0.0634. The third kappa shape index (κ3) is 5.16. The Kier molecular flexibility index (Phi) is 6.62. The molecule has 0 radical (unpaired) electrons. The van der Waals surface area contributed by atoms with E-state index in [-0.39, 0.29) is 9.79 Å². The zero-order chi connectivity index (χ0) is 23.0. The first-order valence-corrected chi connectivity index (χ1v) is 12.5. The second kappa shape index (κ2) is 8.61. The maximum absolute atomic E-state index is 12.7. The van der Waals surface area contributed by atoms with E-state index < -0.39 is 50.8 Å². The van der Waals surface area contributed by atoms with Gasteiger partial charge in [-0.2, -0.15) is 16.8 Å². The van der Waals surface area contributed by atoms with E-state index in [1.165, 1.54) is 31.2 Å². The highest BCUT2D eigenvalue weighted by atomic mass is 32.2. The van der Waals surface area contributed by atoms with Crippen LogP contribution in [0.2, 0.25) is 0 Å². The predicted octanol–water partition coefficient (Wildman–Crippen LogP) is 2.32. The summed E-state index contributed by atoms with van der Waals surface area (Å²) < 4.78 is 66.5. The highest BCUT2D eigenvalue weighted by Crippen LogP contribution is 2.35. The van der Waals surface area contributed by atoms with Crippen LogP contribution in [-0.2, 0) is 33.3 Å². The standard InChI is InChI=1S/C21H26O8S2/c1-14-5-9-17(10-6-14)30(23,24)27-13-19-20(21(4,22)16(3)28-19)29-31(25,26)18-11-7-15(2)8-12-18/h5-12,16,19-20,22H,13H2,1-4H3/t16-,19+,20+,21+/m0/s1. The number of ether oxygens (including phenoxy) is 1. The van der Waals surface area contributed by atoms with Gasteiger partial charge in [0.1, 0.15) is 17.8 Å². The maximum atomic E-state index is 12.7. The molecule has 31 heavy (non-hydrogen) atoms. The van der Waals surface area contributed by atoms with Crippen LogP contribution in [0.25, 0.3) is 0 Å². The quantitative estimate of drug-likeness (QED) is 0.613. The van der Waals surface area contributed by atoms with E-state index in [0.29, 0.717) is 0 Å². The van der Waals surface area contributed by atoms with Gasteiger partial charge in [-0.3, -0.25) is 8.37 Å². The Morgan fingerprint density at radius 2 is 1.35 bits per heavy atom. The van der Waals surface area contributed by atoms with Crippen LogP contribution in [0.5, 0.6) is 0 Å². The van der Waals surface area contributed by atoms with Gasteiger partial charge in [-0.1, -0.05) is 35.4 Å². The third-order valence-corrected chi connectivity index (χ3v) is 7.96. The molecule has 10 heteroatoms. The first kappa shape index (κ1) is 23.8. The lowest BCUT2D eigenvalue weighted by Crippen LogP contribution is -2.48. The molecule has 4 atom stereocenters. The molecule has 1 aliphatic rings. The molecule has 170 valence electrons. The Bertz CT molecular complexity index is 1120. The van der Waals surface area contributed by atoms with E-state index in [0.717, 1.165) is 11.1 Å². The maximum Gasteiger partial charge on any atom is 0.297 e. The molecule has 0 amide bonds. The molecule has 2 aromatic carbocycles. The van der Waals surface area contributed by atoms with Crippen molar-refractivity contribution in [2.45, 2.75) is 61.4 Å². The van der Waals surface area contributed by atoms with E-state index in [9.17, 15) is 21.9 Å². The average Bonchev–Trinajstić information content (AvgIpc) is 2.90. The van der Waals surface area contributed by atoms with Crippen LogP contribution in [0.4, 0.5) is 0 Å². The molecule has 1 aliphatic heterocycles. The van der Waals surface area contributed by atoms with Gasteiger partial charge in [-0.15, -0.1) is 0 Å². The van der Waals surface area contributed by atoms with E-state index >= 15 is 0 Å². The van der Waals surface area contributed by atoms with Gasteiger partial charge < -0.3 is 9.84 Å². The number of aliphatic hydroxyl groups is 1. The number of aryl methyl sites for hydroxylation is 2. The van der Waals surface area contributed by atoms with Gasteiger partial charge in [0.15, 0.2) is 0 Å². The van der Waals surface area contributed by atoms with Crippen LogP contribution in [0.3, 0.4) is 0 Å². The van der Waals surface area contributed by atoms with Crippen molar-refractivity contribution in [3.63, 3.8) is 0 Å². The van der Waals surface area contributed by atoms with E-state index in [1.54, 1.807) is 31.2 Å². The lowest BCUT2D eigenvalue weighted by atomic mass is 9.94. The molecule has 0 bridgehead atoms. The Morgan fingerprint density at radius 3 is 1.84 bits per heavy atom. The Balaban J connectivity index is 1.80. The molecule has 2 aromatic rings. The van der Waals surface area contributed by atoms with Crippen molar-refractivity contribution in [1.29, 1.82) is 0 Å². The molecule has 3 rings (SSSR count). The summed E-state index contributed by atoms with van der Waals surface area (Å²) in [5, 5.41) is 10.8. The molecule has 1 fully saturated rings. The summed E-state index contributed by atoms with van der Waals surface area (Å²) in [6, 6.07) is 12.1. The fourth-order valence-electron chi connectivity index (χ4n) is 3.19. The molecular formula is C21H26O8S2. The highest BCUT2D eigenvalue weighted by molar-refractivity contribution is 7.87. The topological polar surface area (TPSA) is 116 Å². The van der Waals surface area contributed by atoms with Gasteiger partial charge in [0.25, 0.3) is 20.2 Å².